The van der Waals surface area contributed by atoms with Crippen LogP contribution in [0.2, 0.25) is 0 Å². The molecule has 2 unspecified atom stereocenters. The Kier molecular flexibility index (Phi) is 3.69. The molecule has 7 nitrogen and oxygen atoms in total. The number of fused-ring (bicyclic) bond motifs is 1. The lowest BCUT2D eigenvalue weighted by Crippen LogP contribution is -2.61. The Labute approximate surface area is 106 Å². The molecular formula is C11H19N5O2. The fraction of sp³-hybridized carbons (Fsp3) is 0.727. The highest BCUT2D eigenvalue weighted by Crippen LogP contribution is 2.23. The van der Waals surface area contributed by atoms with Crippen molar-refractivity contribution in [2.75, 3.05) is 13.1 Å². The molecule has 2 amide bonds. The summed E-state index contributed by atoms with van der Waals surface area (Å²) in [4.78, 5) is 25.6. The topological polar surface area (TPSA) is 111 Å². The molecule has 2 atom stereocenters. The van der Waals surface area contributed by atoms with Gasteiger partial charge in [-0.1, -0.05) is 0 Å². The van der Waals surface area contributed by atoms with Crippen LogP contribution in [0.4, 0.5) is 0 Å². The van der Waals surface area contributed by atoms with Crippen LogP contribution in [0.25, 0.3) is 0 Å². The molecule has 2 fully saturated rings. The summed E-state index contributed by atoms with van der Waals surface area (Å²) in [5.74, 6) is -0.0786. The molecule has 0 spiro atoms. The zero-order valence-electron chi connectivity index (χ0n) is 10.2. The number of piperazine rings is 1. The van der Waals surface area contributed by atoms with Gasteiger partial charge < -0.3 is 21.3 Å². The summed E-state index contributed by atoms with van der Waals surface area (Å²) in [6.07, 6.45) is 2.95. The molecule has 2 heterocycles. The first kappa shape index (κ1) is 12.7. The third kappa shape index (κ3) is 2.55. The summed E-state index contributed by atoms with van der Waals surface area (Å²) in [6, 6.07) is -0.662. The Bertz CT molecular complexity index is 370. The molecule has 0 bridgehead atoms. The van der Waals surface area contributed by atoms with E-state index in [-0.39, 0.29) is 23.8 Å². The molecule has 2 aliphatic heterocycles. The van der Waals surface area contributed by atoms with E-state index in [1.165, 1.54) is 0 Å². The smallest absolute Gasteiger partial charge is 0.245 e. The molecule has 2 rings (SSSR count). The van der Waals surface area contributed by atoms with Crippen LogP contribution in [0.15, 0.2) is 0 Å². The standard InChI is InChI=1S/C11H19N5O2/c12-11(13)14-5-1-3-7-10(18)16-6-2-4-8(16)9(17)15-7/h7-8H,1-6H2,(H,15,17)(H4,12,13,14). The van der Waals surface area contributed by atoms with Gasteiger partial charge in [0.05, 0.1) is 0 Å². The van der Waals surface area contributed by atoms with E-state index in [0.717, 1.165) is 12.8 Å². The van der Waals surface area contributed by atoms with Gasteiger partial charge in [0, 0.05) is 13.1 Å². The van der Waals surface area contributed by atoms with Crippen molar-refractivity contribution in [2.45, 2.75) is 37.8 Å². The van der Waals surface area contributed by atoms with Crippen LogP contribution in [-0.4, -0.2) is 47.8 Å². The van der Waals surface area contributed by atoms with Crippen LogP contribution in [0.5, 0.6) is 0 Å². The number of rotatable bonds is 4. The molecule has 18 heavy (non-hydrogen) atoms. The van der Waals surface area contributed by atoms with Crippen LogP contribution < -0.4 is 16.4 Å². The first-order valence-corrected chi connectivity index (χ1v) is 6.28. The van der Waals surface area contributed by atoms with Gasteiger partial charge in [0.2, 0.25) is 11.8 Å². The van der Waals surface area contributed by atoms with E-state index >= 15 is 0 Å². The number of hydrogen-bond donors (Lipinski definition) is 4. The predicted molar refractivity (Wildman–Crippen MR) is 65.8 cm³/mol. The van der Waals surface area contributed by atoms with Crippen LogP contribution in [0.3, 0.4) is 0 Å². The maximum absolute atomic E-state index is 12.1. The normalized spacial score (nSPS) is 26.8. The first-order chi connectivity index (χ1) is 8.59. The van der Waals surface area contributed by atoms with Gasteiger partial charge >= 0.3 is 0 Å². The highest BCUT2D eigenvalue weighted by molar-refractivity contribution is 5.97. The lowest BCUT2D eigenvalue weighted by Gasteiger charge is -2.34. The maximum Gasteiger partial charge on any atom is 0.245 e. The number of nitrogens with two attached hydrogens (primary N) is 1. The largest absolute Gasteiger partial charge is 0.370 e. The number of nitrogens with zero attached hydrogens (tertiary/aromatic N) is 1. The van der Waals surface area contributed by atoms with E-state index in [4.69, 9.17) is 11.1 Å². The quantitative estimate of drug-likeness (QED) is 0.284. The fourth-order valence-electron chi connectivity index (χ4n) is 2.56. The first-order valence-electron chi connectivity index (χ1n) is 6.28. The molecule has 0 aromatic rings. The number of carbonyl (C=O) groups is 2. The lowest BCUT2D eigenvalue weighted by atomic mass is 10.0. The molecular weight excluding hydrogens is 234 g/mol. The third-order valence-electron chi connectivity index (χ3n) is 3.44. The molecule has 100 valence electrons. The second-order valence-corrected chi connectivity index (χ2v) is 4.73. The van der Waals surface area contributed by atoms with Gasteiger partial charge in [-0.15, -0.1) is 0 Å². The van der Waals surface area contributed by atoms with Crippen molar-refractivity contribution < 1.29 is 9.59 Å². The fourth-order valence-corrected chi connectivity index (χ4v) is 2.56. The monoisotopic (exact) mass is 253 g/mol. The third-order valence-corrected chi connectivity index (χ3v) is 3.44. The molecule has 2 saturated heterocycles. The predicted octanol–water partition coefficient (Wildman–Crippen LogP) is -1.26. The SMILES string of the molecule is N=C(N)NCCCC1NC(=O)C2CCCN2C1=O. The van der Waals surface area contributed by atoms with Crippen molar-refractivity contribution >= 4 is 17.8 Å². The molecule has 0 aliphatic carbocycles. The molecule has 0 radical (unpaired) electrons. The minimum Gasteiger partial charge on any atom is -0.370 e. The molecule has 5 N–H and O–H groups in total. The second kappa shape index (κ2) is 5.24. The van der Waals surface area contributed by atoms with E-state index in [1.54, 1.807) is 4.90 Å². The Hall–Kier alpha value is -1.79. The van der Waals surface area contributed by atoms with E-state index < -0.39 is 6.04 Å². The van der Waals surface area contributed by atoms with Crippen molar-refractivity contribution in [3.8, 4) is 0 Å². The van der Waals surface area contributed by atoms with Crippen LogP contribution in [0, 0.1) is 5.41 Å². The summed E-state index contributed by atoms with van der Waals surface area (Å²) >= 11 is 0. The molecule has 0 aromatic heterocycles. The van der Waals surface area contributed by atoms with Crippen molar-refractivity contribution in [1.82, 2.24) is 15.5 Å². The number of carbonyl (C=O) groups excluding carboxylic acids is 2. The number of guanidine groups is 1. The molecule has 2 aliphatic rings. The van der Waals surface area contributed by atoms with Gasteiger partial charge in [-0.2, -0.15) is 0 Å². The Balaban J connectivity index is 1.84. The van der Waals surface area contributed by atoms with Crippen molar-refractivity contribution in [1.29, 1.82) is 5.41 Å². The Morgan fingerprint density at radius 2 is 2.33 bits per heavy atom. The van der Waals surface area contributed by atoms with Gasteiger partial charge in [-0.3, -0.25) is 15.0 Å². The maximum atomic E-state index is 12.1. The van der Waals surface area contributed by atoms with Crippen LogP contribution >= 0.6 is 0 Å². The number of amides is 2. The zero-order valence-corrected chi connectivity index (χ0v) is 10.2. The van der Waals surface area contributed by atoms with Crippen molar-refractivity contribution in [3.63, 3.8) is 0 Å². The minimum atomic E-state index is -0.416. The van der Waals surface area contributed by atoms with Crippen molar-refractivity contribution in [2.24, 2.45) is 5.73 Å². The minimum absolute atomic E-state index is 0.0277. The van der Waals surface area contributed by atoms with Gasteiger partial charge in [-0.05, 0) is 25.7 Å². The van der Waals surface area contributed by atoms with E-state index in [0.29, 0.717) is 25.9 Å². The van der Waals surface area contributed by atoms with Crippen LogP contribution in [-0.2, 0) is 9.59 Å². The van der Waals surface area contributed by atoms with E-state index in [2.05, 4.69) is 10.6 Å². The average molecular weight is 253 g/mol. The Morgan fingerprint density at radius 3 is 3.06 bits per heavy atom. The van der Waals surface area contributed by atoms with Crippen molar-refractivity contribution in [3.05, 3.63) is 0 Å². The number of nitrogens with one attached hydrogen (secondary N) is 3. The summed E-state index contributed by atoms with van der Waals surface area (Å²) in [5.41, 5.74) is 5.16. The molecule has 0 aromatic carbocycles. The number of hydrogen-bond acceptors (Lipinski definition) is 3. The van der Waals surface area contributed by atoms with Gasteiger partial charge in [-0.25, -0.2) is 0 Å². The van der Waals surface area contributed by atoms with Gasteiger partial charge in [0.15, 0.2) is 5.96 Å². The summed E-state index contributed by atoms with van der Waals surface area (Å²) < 4.78 is 0. The highest BCUT2D eigenvalue weighted by Gasteiger charge is 2.42. The highest BCUT2D eigenvalue weighted by atomic mass is 16.2. The van der Waals surface area contributed by atoms with Gasteiger partial charge in [0.1, 0.15) is 12.1 Å². The summed E-state index contributed by atoms with van der Waals surface area (Å²) in [5, 5.41) is 12.5. The van der Waals surface area contributed by atoms with Crippen LogP contribution in [0.1, 0.15) is 25.7 Å². The van der Waals surface area contributed by atoms with E-state index in [9.17, 15) is 9.59 Å². The average Bonchev–Trinajstić information content (AvgIpc) is 2.80. The van der Waals surface area contributed by atoms with Gasteiger partial charge in [0.25, 0.3) is 0 Å². The summed E-state index contributed by atoms with van der Waals surface area (Å²) in [6.45, 7) is 1.23. The summed E-state index contributed by atoms with van der Waals surface area (Å²) in [7, 11) is 0. The Morgan fingerprint density at radius 1 is 1.56 bits per heavy atom. The molecule has 7 heteroatoms. The second-order valence-electron chi connectivity index (χ2n) is 4.73. The molecule has 0 saturated carbocycles. The zero-order chi connectivity index (χ0) is 13.1. The lowest BCUT2D eigenvalue weighted by molar-refractivity contribution is -0.147. The van der Waals surface area contributed by atoms with E-state index in [1.807, 2.05) is 0 Å².